The van der Waals surface area contributed by atoms with Crippen LogP contribution in [0.1, 0.15) is 5.56 Å². The molecule has 0 aliphatic carbocycles. The van der Waals surface area contributed by atoms with Crippen LogP contribution < -0.4 is 5.73 Å². The highest BCUT2D eigenvalue weighted by molar-refractivity contribution is 7.99. The van der Waals surface area contributed by atoms with Crippen LogP contribution in [-0.4, -0.2) is 15.0 Å². The molecule has 0 bridgehead atoms. The molecule has 2 N–H and O–H groups in total. The van der Waals surface area contributed by atoms with Gasteiger partial charge in [-0.3, -0.25) is 0 Å². The maximum absolute atomic E-state index is 5.78. The predicted octanol–water partition coefficient (Wildman–Crippen LogP) is 1.91. The van der Waals surface area contributed by atoms with Crippen molar-refractivity contribution in [3.05, 3.63) is 36.3 Å². The van der Waals surface area contributed by atoms with E-state index in [9.17, 15) is 0 Å². The molecule has 0 aromatic carbocycles. The van der Waals surface area contributed by atoms with Gasteiger partial charge < -0.3 is 5.73 Å². The van der Waals surface area contributed by atoms with Crippen molar-refractivity contribution in [3.8, 4) is 0 Å². The zero-order valence-corrected chi connectivity index (χ0v) is 9.03. The molecule has 0 saturated carbocycles. The van der Waals surface area contributed by atoms with Crippen molar-refractivity contribution in [2.75, 3.05) is 5.73 Å². The van der Waals surface area contributed by atoms with E-state index in [0.29, 0.717) is 5.16 Å². The number of nitrogen functional groups attached to an aromatic ring is 1. The molecule has 0 aliphatic heterocycles. The van der Waals surface area contributed by atoms with Gasteiger partial charge in [0.15, 0.2) is 5.16 Å². The van der Waals surface area contributed by atoms with Gasteiger partial charge in [0.1, 0.15) is 5.03 Å². The fourth-order valence-corrected chi connectivity index (χ4v) is 1.71. The Labute approximate surface area is 92.0 Å². The summed E-state index contributed by atoms with van der Waals surface area (Å²) in [5.41, 5.74) is 7.50. The molecule has 0 saturated heterocycles. The van der Waals surface area contributed by atoms with Crippen molar-refractivity contribution in [1.29, 1.82) is 0 Å². The van der Waals surface area contributed by atoms with E-state index in [1.807, 2.05) is 13.0 Å². The van der Waals surface area contributed by atoms with Gasteiger partial charge >= 0.3 is 0 Å². The zero-order valence-electron chi connectivity index (χ0n) is 8.21. The van der Waals surface area contributed by atoms with Crippen molar-refractivity contribution in [1.82, 2.24) is 15.0 Å². The molecule has 2 aromatic heterocycles. The summed E-state index contributed by atoms with van der Waals surface area (Å²) in [5, 5.41) is 1.48. The maximum atomic E-state index is 5.78. The second-order valence-corrected chi connectivity index (χ2v) is 4.00. The summed E-state index contributed by atoms with van der Waals surface area (Å²) in [5.74, 6) is 0. The monoisotopic (exact) mass is 218 g/mol. The van der Waals surface area contributed by atoms with E-state index in [1.54, 1.807) is 24.7 Å². The minimum Gasteiger partial charge on any atom is -0.398 e. The van der Waals surface area contributed by atoms with Crippen LogP contribution in [0.2, 0.25) is 0 Å². The molecule has 0 atom stereocenters. The van der Waals surface area contributed by atoms with Crippen LogP contribution in [0.4, 0.5) is 5.69 Å². The Kier molecular flexibility index (Phi) is 2.82. The first kappa shape index (κ1) is 9.92. The molecule has 0 unspecified atom stereocenters. The van der Waals surface area contributed by atoms with Crippen LogP contribution >= 0.6 is 11.8 Å². The SMILES string of the molecule is Cc1cnc(Sc2ncccn2)cc1N. The number of pyridine rings is 1. The summed E-state index contributed by atoms with van der Waals surface area (Å²) in [7, 11) is 0. The number of anilines is 1. The predicted molar refractivity (Wildman–Crippen MR) is 59.5 cm³/mol. The maximum Gasteiger partial charge on any atom is 0.193 e. The van der Waals surface area contributed by atoms with Gasteiger partial charge in [0.2, 0.25) is 0 Å². The normalized spacial score (nSPS) is 10.2. The first-order valence-corrected chi connectivity index (χ1v) is 5.24. The minimum absolute atomic E-state index is 0.674. The number of nitrogens with zero attached hydrogens (tertiary/aromatic N) is 3. The van der Waals surface area contributed by atoms with Gasteiger partial charge in [-0.15, -0.1) is 0 Å². The first-order valence-electron chi connectivity index (χ1n) is 4.43. The minimum atomic E-state index is 0.674. The van der Waals surface area contributed by atoms with Crippen LogP contribution in [-0.2, 0) is 0 Å². The fourth-order valence-electron chi connectivity index (χ4n) is 1.01. The van der Waals surface area contributed by atoms with E-state index >= 15 is 0 Å². The summed E-state index contributed by atoms with van der Waals surface area (Å²) >= 11 is 1.40. The molecule has 5 heteroatoms. The third-order valence-corrected chi connectivity index (χ3v) is 2.68. The van der Waals surface area contributed by atoms with Crippen LogP contribution in [0.25, 0.3) is 0 Å². The first-order chi connectivity index (χ1) is 7.25. The summed E-state index contributed by atoms with van der Waals surface area (Å²) < 4.78 is 0. The van der Waals surface area contributed by atoms with E-state index in [1.165, 1.54) is 11.8 Å². The van der Waals surface area contributed by atoms with Gasteiger partial charge in [0, 0.05) is 24.3 Å². The van der Waals surface area contributed by atoms with Crippen LogP contribution in [0, 0.1) is 6.92 Å². The van der Waals surface area contributed by atoms with Crippen molar-refractivity contribution >= 4 is 17.4 Å². The van der Waals surface area contributed by atoms with Crippen molar-refractivity contribution in [2.45, 2.75) is 17.1 Å². The van der Waals surface area contributed by atoms with Gasteiger partial charge in [-0.2, -0.15) is 0 Å². The van der Waals surface area contributed by atoms with Gasteiger partial charge in [0.25, 0.3) is 0 Å². The van der Waals surface area contributed by atoms with Gasteiger partial charge in [-0.25, -0.2) is 15.0 Å². The Balaban J connectivity index is 2.22. The molecule has 0 spiro atoms. The molecule has 0 amide bonds. The quantitative estimate of drug-likeness (QED) is 0.780. The molecule has 2 heterocycles. The Morgan fingerprint density at radius 1 is 1.20 bits per heavy atom. The Bertz CT molecular complexity index is 458. The number of hydrogen-bond donors (Lipinski definition) is 1. The third-order valence-electron chi connectivity index (χ3n) is 1.86. The summed E-state index contributed by atoms with van der Waals surface area (Å²) in [6.45, 7) is 1.93. The molecule has 15 heavy (non-hydrogen) atoms. The van der Waals surface area contributed by atoms with Crippen LogP contribution in [0.15, 0.2) is 40.9 Å². The average Bonchev–Trinajstić information content (AvgIpc) is 2.25. The van der Waals surface area contributed by atoms with Gasteiger partial charge in [-0.1, -0.05) is 0 Å². The van der Waals surface area contributed by atoms with E-state index < -0.39 is 0 Å². The van der Waals surface area contributed by atoms with Gasteiger partial charge in [0.05, 0.1) is 0 Å². The molecule has 76 valence electrons. The molecule has 0 aliphatic rings. The van der Waals surface area contributed by atoms with Crippen molar-refractivity contribution < 1.29 is 0 Å². The lowest BCUT2D eigenvalue weighted by molar-refractivity contribution is 0.960. The lowest BCUT2D eigenvalue weighted by Crippen LogP contribution is -1.92. The Hall–Kier alpha value is -1.62. The number of aromatic nitrogens is 3. The van der Waals surface area contributed by atoms with E-state index in [-0.39, 0.29) is 0 Å². The zero-order chi connectivity index (χ0) is 10.7. The third kappa shape index (κ3) is 2.44. The second kappa shape index (κ2) is 4.27. The summed E-state index contributed by atoms with van der Waals surface area (Å²) in [4.78, 5) is 12.4. The van der Waals surface area contributed by atoms with E-state index in [4.69, 9.17) is 5.73 Å². The highest BCUT2D eigenvalue weighted by Crippen LogP contribution is 2.24. The largest absolute Gasteiger partial charge is 0.398 e. The molecule has 2 aromatic rings. The molecule has 2 rings (SSSR count). The number of nitrogens with two attached hydrogens (primary N) is 1. The van der Waals surface area contributed by atoms with E-state index in [2.05, 4.69) is 15.0 Å². The lowest BCUT2D eigenvalue weighted by Gasteiger charge is -2.02. The number of rotatable bonds is 2. The van der Waals surface area contributed by atoms with Crippen molar-refractivity contribution in [2.24, 2.45) is 0 Å². The Morgan fingerprint density at radius 2 is 1.93 bits per heavy atom. The molecular formula is C10H10N4S. The standard InChI is InChI=1S/C10H10N4S/c1-7-6-14-9(5-8(7)11)15-10-12-3-2-4-13-10/h2-6H,1H3,(H2,11,14). The topological polar surface area (TPSA) is 64.7 Å². The van der Waals surface area contributed by atoms with Crippen molar-refractivity contribution in [3.63, 3.8) is 0 Å². The lowest BCUT2D eigenvalue weighted by atomic mass is 10.3. The molecule has 4 nitrogen and oxygen atoms in total. The number of hydrogen-bond acceptors (Lipinski definition) is 5. The van der Waals surface area contributed by atoms with Crippen LogP contribution in [0.3, 0.4) is 0 Å². The van der Waals surface area contributed by atoms with E-state index in [0.717, 1.165) is 16.3 Å². The number of aryl methyl sites for hydroxylation is 1. The fraction of sp³-hybridized carbons (Fsp3) is 0.100. The Morgan fingerprint density at radius 3 is 2.60 bits per heavy atom. The summed E-state index contributed by atoms with van der Waals surface area (Å²) in [6, 6.07) is 3.61. The highest BCUT2D eigenvalue weighted by Gasteiger charge is 2.02. The van der Waals surface area contributed by atoms with Crippen LogP contribution in [0.5, 0.6) is 0 Å². The smallest absolute Gasteiger partial charge is 0.193 e. The molecule has 0 fully saturated rings. The highest BCUT2D eigenvalue weighted by atomic mass is 32.2. The van der Waals surface area contributed by atoms with Gasteiger partial charge in [-0.05, 0) is 36.4 Å². The molecule has 0 radical (unpaired) electrons. The molecular weight excluding hydrogens is 208 g/mol. The average molecular weight is 218 g/mol. The second-order valence-electron chi connectivity index (χ2n) is 3.01. The summed E-state index contributed by atoms with van der Waals surface area (Å²) in [6.07, 6.45) is 5.15.